The van der Waals surface area contributed by atoms with Gasteiger partial charge in [-0.3, -0.25) is 0 Å². The molecule has 0 heterocycles. The molecule has 2 unspecified atom stereocenters. The highest BCUT2D eigenvalue weighted by molar-refractivity contribution is 6.33. The average molecular weight is 310 g/mol. The van der Waals surface area contributed by atoms with Gasteiger partial charge in [-0.2, -0.15) is 0 Å². The normalized spacial score (nSPS) is 22.4. The highest BCUT2D eigenvalue weighted by Crippen LogP contribution is 2.30. The van der Waals surface area contributed by atoms with E-state index in [1.54, 1.807) is 18.2 Å². The molecule has 1 fully saturated rings. The maximum absolute atomic E-state index is 11.6. The molecule has 0 bridgehead atoms. The lowest BCUT2D eigenvalue weighted by molar-refractivity contribution is 0.0601. The topological polar surface area (TPSA) is 38.3 Å². The van der Waals surface area contributed by atoms with Gasteiger partial charge >= 0.3 is 5.97 Å². The Morgan fingerprint density at radius 2 is 2.14 bits per heavy atom. The molecule has 0 spiro atoms. The smallest absolute Gasteiger partial charge is 0.337 e. The Morgan fingerprint density at radius 1 is 1.33 bits per heavy atom. The largest absolute Gasteiger partial charge is 0.465 e. The number of esters is 1. The minimum atomic E-state index is -0.332. The van der Waals surface area contributed by atoms with Crippen molar-refractivity contribution >= 4 is 23.3 Å². The van der Waals surface area contributed by atoms with Crippen LogP contribution < -0.4 is 5.32 Å². The third kappa shape index (κ3) is 4.37. The van der Waals surface area contributed by atoms with Crippen molar-refractivity contribution in [1.29, 1.82) is 0 Å². The molecule has 2 rings (SSSR count). The van der Waals surface area contributed by atoms with E-state index < -0.39 is 0 Å². The lowest BCUT2D eigenvalue weighted by Gasteiger charge is -2.19. The van der Waals surface area contributed by atoms with Gasteiger partial charge in [-0.15, -0.1) is 0 Å². The van der Waals surface area contributed by atoms with Crippen LogP contribution in [0.25, 0.3) is 0 Å². The van der Waals surface area contributed by atoms with Gasteiger partial charge in [-0.05, 0) is 43.4 Å². The maximum atomic E-state index is 11.6. The van der Waals surface area contributed by atoms with Crippen LogP contribution in [0.4, 0.5) is 5.69 Å². The molecular formula is C17H24ClNO2. The van der Waals surface area contributed by atoms with E-state index >= 15 is 0 Å². The molecule has 2 atom stereocenters. The van der Waals surface area contributed by atoms with E-state index in [9.17, 15) is 4.79 Å². The Kier molecular flexibility index (Phi) is 5.92. The highest BCUT2D eigenvalue weighted by Gasteiger charge is 2.19. The molecule has 0 radical (unpaired) electrons. The number of rotatable bonds is 4. The van der Waals surface area contributed by atoms with Gasteiger partial charge in [0.1, 0.15) is 0 Å². The Morgan fingerprint density at radius 3 is 2.86 bits per heavy atom. The number of carbonyl (C=O) groups excluding carboxylic acids is 1. The molecule has 1 N–H and O–H groups in total. The Labute approximate surface area is 132 Å². The van der Waals surface area contributed by atoms with E-state index in [-0.39, 0.29) is 5.97 Å². The number of halogens is 1. The third-order valence-electron chi connectivity index (χ3n) is 4.41. The van der Waals surface area contributed by atoms with Crippen LogP contribution in [0.5, 0.6) is 0 Å². The second kappa shape index (κ2) is 7.69. The van der Waals surface area contributed by atoms with Crippen LogP contribution in [0.2, 0.25) is 5.02 Å². The number of anilines is 1. The molecule has 1 aliphatic carbocycles. The molecule has 1 saturated carbocycles. The summed E-state index contributed by atoms with van der Waals surface area (Å²) < 4.78 is 4.76. The lowest BCUT2D eigenvalue weighted by Crippen LogP contribution is -2.19. The van der Waals surface area contributed by atoms with Crippen molar-refractivity contribution in [2.75, 3.05) is 12.4 Å². The molecule has 0 aliphatic heterocycles. The van der Waals surface area contributed by atoms with E-state index in [0.29, 0.717) is 16.6 Å². The predicted octanol–water partition coefficient (Wildman–Crippen LogP) is 4.90. The Bertz CT molecular complexity index is 490. The minimum absolute atomic E-state index is 0.332. The monoisotopic (exact) mass is 309 g/mol. The fourth-order valence-corrected chi connectivity index (χ4v) is 3.20. The molecule has 0 amide bonds. The van der Waals surface area contributed by atoms with Crippen LogP contribution in [-0.4, -0.2) is 19.1 Å². The SMILES string of the molecule is CCC1CCCC(Nc2cc(C(=O)OC)ccc2Cl)CC1. The van der Waals surface area contributed by atoms with E-state index in [4.69, 9.17) is 16.3 Å². The lowest BCUT2D eigenvalue weighted by atomic mass is 9.98. The highest BCUT2D eigenvalue weighted by atomic mass is 35.5. The zero-order valence-electron chi connectivity index (χ0n) is 12.8. The standard InChI is InChI=1S/C17H24ClNO2/c1-3-12-5-4-6-14(9-7-12)19-16-11-13(17(20)21-2)8-10-15(16)18/h8,10-12,14,19H,3-7,9H2,1-2H3. The van der Waals surface area contributed by atoms with Crippen molar-refractivity contribution in [1.82, 2.24) is 0 Å². The molecule has 4 heteroatoms. The Balaban J connectivity index is 2.06. The van der Waals surface area contributed by atoms with Gasteiger partial charge < -0.3 is 10.1 Å². The van der Waals surface area contributed by atoms with E-state index in [1.165, 1.54) is 32.8 Å². The quantitative estimate of drug-likeness (QED) is 0.635. The van der Waals surface area contributed by atoms with E-state index in [0.717, 1.165) is 24.4 Å². The number of ether oxygens (including phenoxy) is 1. The van der Waals surface area contributed by atoms with E-state index in [1.807, 2.05) is 0 Å². The number of hydrogen-bond donors (Lipinski definition) is 1. The third-order valence-corrected chi connectivity index (χ3v) is 4.74. The molecule has 1 aliphatic rings. The van der Waals surface area contributed by atoms with Crippen molar-refractivity contribution in [3.8, 4) is 0 Å². The summed E-state index contributed by atoms with van der Waals surface area (Å²) in [5, 5.41) is 4.17. The maximum Gasteiger partial charge on any atom is 0.337 e. The van der Waals surface area contributed by atoms with Crippen LogP contribution in [0, 0.1) is 5.92 Å². The number of benzene rings is 1. The molecular weight excluding hydrogens is 286 g/mol. The fraction of sp³-hybridized carbons (Fsp3) is 0.588. The van der Waals surface area contributed by atoms with Crippen molar-refractivity contribution in [2.45, 2.75) is 51.5 Å². The molecule has 1 aromatic rings. The minimum Gasteiger partial charge on any atom is -0.465 e. The first-order valence-corrected chi connectivity index (χ1v) is 8.16. The van der Waals surface area contributed by atoms with Crippen LogP contribution in [-0.2, 0) is 4.74 Å². The second-order valence-electron chi connectivity index (χ2n) is 5.81. The van der Waals surface area contributed by atoms with Gasteiger partial charge in [0, 0.05) is 6.04 Å². The van der Waals surface area contributed by atoms with Crippen molar-refractivity contribution in [2.24, 2.45) is 5.92 Å². The number of hydrogen-bond acceptors (Lipinski definition) is 3. The molecule has 116 valence electrons. The van der Waals surface area contributed by atoms with Gasteiger partial charge in [0.05, 0.1) is 23.4 Å². The van der Waals surface area contributed by atoms with Crippen LogP contribution in [0.1, 0.15) is 55.8 Å². The number of carbonyl (C=O) groups is 1. The summed E-state index contributed by atoms with van der Waals surface area (Å²) in [4.78, 5) is 11.6. The summed E-state index contributed by atoms with van der Waals surface area (Å²) in [6, 6.07) is 5.67. The molecule has 3 nitrogen and oxygen atoms in total. The summed E-state index contributed by atoms with van der Waals surface area (Å²) in [6.45, 7) is 2.27. The molecule has 0 aromatic heterocycles. The van der Waals surface area contributed by atoms with Gasteiger partial charge in [-0.25, -0.2) is 4.79 Å². The van der Waals surface area contributed by atoms with Crippen molar-refractivity contribution in [3.63, 3.8) is 0 Å². The van der Waals surface area contributed by atoms with Gasteiger partial charge in [0.15, 0.2) is 0 Å². The summed E-state index contributed by atoms with van der Waals surface area (Å²) in [6.07, 6.45) is 7.44. The van der Waals surface area contributed by atoms with Gasteiger partial charge in [0.2, 0.25) is 0 Å². The van der Waals surface area contributed by atoms with Crippen molar-refractivity contribution < 1.29 is 9.53 Å². The van der Waals surface area contributed by atoms with Crippen LogP contribution in [0.15, 0.2) is 18.2 Å². The summed E-state index contributed by atoms with van der Waals surface area (Å²) >= 11 is 6.25. The second-order valence-corrected chi connectivity index (χ2v) is 6.22. The number of methoxy groups -OCH3 is 1. The van der Waals surface area contributed by atoms with Crippen LogP contribution >= 0.6 is 11.6 Å². The fourth-order valence-electron chi connectivity index (χ4n) is 3.03. The number of nitrogens with one attached hydrogen (secondary N) is 1. The Hall–Kier alpha value is -1.22. The first-order valence-electron chi connectivity index (χ1n) is 7.78. The molecule has 0 saturated heterocycles. The summed E-state index contributed by atoms with van der Waals surface area (Å²) in [7, 11) is 1.39. The van der Waals surface area contributed by atoms with Gasteiger partial charge in [-0.1, -0.05) is 37.8 Å². The predicted molar refractivity (Wildman–Crippen MR) is 87.1 cm³/mol. The van der Waals surface area contributed by atoms with Gasteiger partial charge in [0.25, 0.3) is 0 Å². The molecule has 21 heavy (non-hydrogen) atoms. The summed E-state index contributed by atoms with van der Waals surface area (Å²) in [5.41, 5.74) is 1.36. The average Bonchev–Trinajstić information content (AvgIpc) is 2.73. The zero-order chi connectivity index (χ0) is 15.2. The zero-order valence-corrected chi connectivity index (χ0v) is 13.6. The first-order chi connectivity index (χ1) is 10.1. The van der Waals surface area contributed by atoms with E-state index in [2.05, 4.69) is 12.2 Å². The molecule has 1 aromatic carbocycles. The first kappa shape index (κ1) is 16.2. The van der Waals surface area contributed by atoms with Crippen molar-refractivity contribution in [3.05, 3.63) is 28.8 Å². The summed E-state index contributed by atoms with van der Waals surface area (Å²) in [5.74, 6) is 0.523. The van der Waals surface area contributed by atoms with Crippen LogP contribution in [0.3, 0.4) is 0 Å².